The molecule has 0 aliphatic carbocycles. The number of rotatable bonds is 5. The number of hydrogen-bond acceptors (Lipinski definition) is 4. The summed E-state index contributed by atoms with van der Waals surface area (Å²) in [5.74, 6) is 0. The van der Waals surface area contributed by atoms with Crippen molar-refractivity contribution in [3.63, 3.8) is 0 Å². The van der Waals surface area contributed by atoms with Gasteiger partial charge in [-0.2, -0.15) is 5.26 Å². The van der Waals surface area contributed by atoms with E-state index in [-0.39, 0.29) is 11.7 Å². The Morgan fingerprint density at radius 1 is 1.56 bits per heavy atom. The Balaban J connectivity index is 2.73. The van der Waals surface area contributed by atoms with E-state index < -0.39 is 10.3 Å². The van der Waals surface area contributed by atoms with E-state index in [1.54, 1.807) is 12.1 Å². The molecule has 1 aromatic carbocycles. The third-order valence-electron chi connectivity index (χ3n) is 2.73. The smallest absolute Gasteiger partial charge is 0.269 e. The molecule has 1 N–H and O–H groups in total. The van der Waals surface area contributed by atoms with Crippen LogP contribution < -0.4 is 5.32 Å². The number of nitrogens with one attached hydrogen (secondary N) is 1. The molecular weight excluding hydrogens is 230 g/mol. The van der Waals surface area contributed by atoms with Crippen LogP contribution in [0.2, 0.25) is 0 Å². The van der Waals surface area contributed by atoms with Crippen molar-refractivity contribution < 1.29 is 4.92 Å². The van der Waals surface area contributed by atoms with Gasteiger partial charge in [-0.1, -0.05) is 12.1 Å². The Kier molecular flexibility index (Phi) is 4.40. The molecule has 5 heteroatoms. The normalized spacial score (nSPS) is 12.8. The summed E-state index contributed by atoms with van der Waals surface area (Å²) < 4.78 is 0. The van der Waals surface area contributed by atoms with Gasteiger partial charge in [0.15, 0.2) is 0 Å². The number of hydrogen-bond donors (Lipinski definition) is 1. The minimum Gasteiger partial charge on any atom is -0.309 e. The van der Waals surface area contributed by atoms with E-state index in [1.807, 2.05) is 26.8 Å². The number of benzene rings is 1. The fourth-order valence-electron chi connectivity index (χ4n) is 1.47. The molecule has 0 aliphatic rings. The Bertz CT molecular complexity index is 477. The van der Waals surface area contributed by atoms with E-state index in [9.17, 15) is 10.1 Å². The van der Waals surface area contributed by atoms with Gasteiger partial charge >= 0.3 is 0 Å². The summed E-state index contributed by atoms with van der Waals surface area (Å²) in [6, 6.07) is 8.70. The average molecular weight is 247 g/mol. The van der Waals surface area contributed by atoms with Crippen molar-refractivity contribution in [1.29, 1.82) is 5.26 Å². The van der Waals surface area contributed by atoms with Crippen LogP contribution in [0.25, 0.3) is 0 Å². The molecule has 1 aromatic rings. The van der Waals surface area contributed by atoms with Crippen molar-refractivity contribution in [3.8, 4) is 6.07 Å². The molecule has 0 aromatic heterocycles. The number of nitro groups is 1. The first-order valence-electron chi connectivity index (χ1n) is 5.75. The van der Waals surface area contributed by atoms with Gasteiger partial charge in [0.25, 0.3) is 5.69 Å². The number of nitro benzene ring substituents is 1. The van der Waals surface area contributed by atoms with Crippen LogP contribution in [0.1, 0.15) is 32.4 Å². The summed E-state index contributed by atoms with van der Waals surface area (Å²) in [4.78, 5) is 10.3. The van der Waals surface area contributed by atoms with Gasteiger partial charge in [0, 0.05) is 24.7 Å². The van der Waals surface area contributed by atoms with Gasteiger partial charge in [-0.25, -0.2) is 0 Å². The van der Waals surface area contributed by atoms with E-state index in [1.165, 1.54) is 6.07 Å². The summed E-state index contributed by atoms with van der Waals surface area (Å²) in [5, 5.41) is 22.8. The van der Waals surface area contributed by atoms with Crippen LogP contribution in [0.15, 0.2) is 24.3 Å². The summed E-state index contributed by atoms with van der Waals surface area (Å²) in [5.41, 5.74) is 0.480. The van der Waals surface area contributed by atoms with Crippen molar-refractivity contribution >= 4 is 5.69 Å². The summed E-state index contributed by atoms with van der Waals surface area (Å²) in [6.45, 7) is 6.15. The minimum absolute atomic E-state index is 0.0301. The van der Waals surface area contributed by atoms with Gasteiger partial charge in [-0.3, -0.25) is 10.1 Å². The second kappa shape index (κ2) is 5.61. The lowest BCUT2D eigenvalue weighted by molar-refractivity contribution is -0.384. The van der Waals surface area contributed by atoms with Crippen LogP contribution in [-0.2, 0) is 0 Å². The second-order valence-electron chi connectivity index (χ2n) is 4.95. The Morgan fingerprint density at radius 3 is 2.78 bits per heavy atom. The third-order valence-corrected chi connectivity index (χ3v) is 2.73. The number of non-ortho nitro benzene ring substituents is 1. The first-order chi connectivity index (χ1) is 8.35. The zero-order valence-electron chi connectivity index (χ0n) is 10.8. The molecular formula is C13H17N3O2. The predicted octanol–water partition coefficient (Wildman–Crippen LogP) is 2.80. The molecule has 1 atom stereocenters. The first kappa shape index (κ1) is 14.1. The largest absolute Gasteiger partial charge is 0.309 e. The van der Waals surface area contributed by atoms with E-state index in [2.05, 4.69) is 11.4 Å². The Labute approximate surface area is 107 Å². The molecule has 0 fully saturated rings. The topological polar surface area (TPSA) is 79.0 Å². The SMILES string of the molecule is CC(NCC(C)(C)C#N)c1cccc([N+](=O)[O-])c1. The van der Waals surface area contributed by atoms with Crippen molar-refractivity contribution in [2.24, 2.45) is 5.41 Å². The maximum Gasteiger partial charge on any atom is 0.269 e. The highest BCUT2D eigenvalue weighted by Crippen LogP contribution is 2.20. The van der Waals surface area contributed by atoms with Crippen molar-refractivity contribution in [3.05, 3.63) is 39.9 Å². The van der Waals surface area contributed by atoms with Gasteiger partial charge in [0.1, 0.15) is 0 Å². The molecule has 1 rings (SSSR count). The summed E-state index contributed by atoms with van der Waals surface area (Å²) >= 11 is 0. The van der Waals surface area contributed by atoms with Crippen molar-refractivity contribution in [2.45, 2.75) is 26.8 Å². The lowest BCUT2D eigenvalue weighted by atomic mass is 9.95. The quantitative estimate of drug-likeness (QED) is 0.641. The van der Waals surface area contributed by atoms with Crippen LogP contribution in [0.3, 0.4) is 0 Å². The van der Waals surface area contributed by atoms with E-state index in [4.69, 9.17) is 5.26 Å². The van der Waals surface area contributed by atoms with Gasteiger partial charge < -0.3 is 5.32 Å². The molecule has 18 heavy (non-hydrogen) atoms. The van der Waals surface area contributed by atoms with Gasteiger partial charge in [0.05, 0.1) is 16.4 Å². The lowest BCUT2D eigenvalue weighted by Crippen LogP contribution is -2.30. The Morgan fingerprint density at radius 2 is 2.22 bits per heavy atom. The molecule has 0 bridgehead atoms. The molecule has 0 aliphatic heterocycles. The van der Waals surface area contributed by atoms with Gasteiger partial charge in [-0.05, 0) is 26.3 Å². The van der Waals surface area contributed by atoms with Gasteiger partial charge in [0.2, 0.25) is 0 Å². The molecule has 1 unspecified atom stereocenters. The van der Waals surface area contributed by atoms with E-state index in [0.717, 1.165) is 5.56 Å². The first-order valence-corrected chi connectivity index (χ1v) is 5.75. The second-order valence-corrected chi connectivity index (χ2v) is 4.95. The van der Waals surface area contributed by atoms with Crippen molar-refractivity contribution in [2.75, 3.05) is 6.54 Å². The van der Waals surface area contributed by atoms with Crippen molar-refractivity contribution in [1.82, 2.24) is 5.32 Å². The van der Waals surface area contributed by atoms with Gasteiger partial charge in [-0.15, -0.1) is 0 Å². The molecule has 0 amide bonds. The third kappa shape index (κ3) is 3.82. The zero-order chi connectivity index (χ0) is 13.8. The van der Waals surface area contributed by atoms with Crippen LogP contribution in [0.4, 0.5) is 5.69 Å². The van der Waals surface area contributed by atoms with E-state index >= 15 is 0 Å². The highest BCUT2D eigenvalue weighted by molar-refractivity contribution is 5.35. The molecule has 0 saturated carbocycles. The van der Waals surface area contributed by atoms with Crippen LogP contribution in [-0.4, -0.2) is 11.5 Å². The highest BCUT2D eigenvalue weighted by Gasteiger charge is 2.18. The number of nitrogens with zero attached hydrogens (tertiary/aromatic N) is 2. The predicted molar refractivity (Wildman–Crippen MR) is 68.9 cm³/mol. The summed E-state index contributed by atoms with van der Waals surface area (Å²) in [6.07, 6.45) is 0. The van der Waals surface area contributed by atoms with Crippen LogP contribution >= 0.6 is 0 Å². The standard InChI is InChI=1S/C13H17N3O2/c1-10(15-9-13(2,3)8-14)11-5-4-6-12(7-11)16(17)18/h4-7,10,15H,9H2,1-3H3. The minimum atomic E-state index is -0.449. The zero-order valence-corrected chi connectivity index (χ0v) is 10.8. The van der Waals surface area contributed by atoms with E-state index in [0.29, 0.717) is 6.54 Å². The number of nitriles is 1. The fraction of sp³-hybridized carbons (Fsp3) is 0.462. The molecule has 96 valence electrons. The van der Waals surface area contributed by atoms with Crippen LogP contribution in [0.5, 0.6) is 0 Å². The lowest BCUT2D eigenvalue weighted by Gasteiger charge is -2.20. The molecule has 0 heterocycles. The molecule has 0 spiro atoms. The van der Waals surface area contributed by atoms with Crippen LogP contribution in [0, 0.1) is 26.9 Å². The molecule has 0 saturated heterocycles. The monoisotopic (exact) mass is 247 g/mol. The Hall–Kier alpha value is -1.93. The molecule has 0 radical (unpaired) electrons. The molecule has 5 nitrogen and oxygen atoms in total. The maximum atomic E-state index is 10.7. The summed E-state index contributed by atoms with van der Waals surface area (Å²) in [7, 11) is 0. The average Bonchev–Trinajstić information content (AvgIpc) is 2.36. The highest BCUT2D eigenvalue weighted by atomic mass is 16.6. The fourth-order valence-corrected chi connectivity index (χ4v) is 1.47. The maximum absolute atomic E-state index is 10.7.